The molecular formula is C15H22N4O. The molecule has 0 saturated carbocycles. The van der Waals surface area contributed by atoms with Crippen LogP contribution in [0.4, 0.5) is 5.69 Å². The Hall–Kier alpha value is -1.88. The van der Waals surface area contributed by atoms with Gasteiger partial charge < -0.3 is 10.4 Å². The zero-order chi connectivity index (χ0) is 14.6. The maximum atomic E-state index is 8.82. The SMILES string of the molecule is CC(C)(C)c1ccc(NCc2cn(CCO)nn2)cc1. The first-order valence-corrected chi connectivity index (χ1v) is 6.83. The predicted octanol–water partition coefficient (Wildman–Crippen LogP) is 2.18. The fraction of sp³-hybridized carbons (Fsp3) is 0.467. The molecule has 2 aromatic rings. The lowest BCUT2D eigenvalue weighted by Crippen LogP contribution is -2.10. The summed E-state index contributed by atoms with van der Waals surface area (Å²) >= 11 is 0. The summed E-state index contributed by atoms with van der Waals surface area (Å²) in [5, 5.41) is 20.1. The smallest absolute Gasteiger partial charge is 0.102 e. The molecule has 1 heterocycles. The number of hydrogen-bond acceptors (Lipinski definition) is 4. The highest BCUT2D eigenvalue weighted by molar-refractivity contribution is 5.45. The minimum atomic E-state index is 0.0739. The predicted molar refractivity (Wildman–Crippen MR) is 79.6 cm³/mol. The third-order valence-corrected chi connectivity index (χ3v) is 3.14. The molecule has 0 fully saturated rings. The molecule has 2 N–H and O–H groups in total. The Balaban J connectivity index is 1.93. The molecule has 0 radical (unpaired) electrons. The molecule has 0 aliphatic rings. The highest BCUT2D eigenvalue weighted by Crippen LogP contribution is 2.23. The Morgan fingerprint density at radius 1 is 1.20 bits per heavy atom. The van der Waals surface area contributed by atoms with Crippen molar-refractivity contribution in [3.8, 4) is 0 Å². The van der Waals surface area contributed by atoms with Crippen molar-refractivity contribution in [3.05, 3.63) is 41.7 Å². The molecule has 5 heteroatoms. The standard InChI is InChI=1S/C15H22N4O/c1-15(2,3)12-4-6-13(7-5-12)16-10-14-11-19(8-9-20)18-17-14/h4-7,11,16,20H,8-10H2,1-3H3. The van der Waals surface area contributed by atoms with Crippen molar-refractivity contribution >= 4 is 5.69 Å². The molecule has 0 bridgehead atoms. The Morgan fingerprint density at radius 3 is 2.50 bits per heavy atom. The van der Waals surface area contributed by atoms with Crippen LogP contribution in [0.15, 0.2) is 30.5 Å². The average molecular weight is 274 g/mol. The van der Waals surface area contributed by atoms with E-state index in [1.54, 1.807) is 4.68 Å². The summed E-state index contributed by atoms with van der Waals surface area (Å²) in [7, 11) is 0. The highest BCUT2D eigenvalue weighted by atomic mass is 16.3. The molecule has 0 saturated heterocycles. The van der Waals surface area contributed by atoms with E-state index in [1.807, 2.05) is 6.20 Å². The van der Waals surface area contributed by atoms with Gasteiger partial charge in [-0.05, 0) is 23.1 Å². The number of aliphatic hydroxyl groups is 1. The van der Waals surface area contributed by atoms with Crippen molar-refractivity contribution < 1.29 is 5.11 Å². The summed E-state index contributed by atoms with van der Waals surface area (Å²) in [6.45, 7) is 7.79. The van der Waals surface area contributed by atoms with Gasteiger partial charge in [0.05, 0.1) is 25.9 Å². The second-order valence-electron chi connectivity index (χ2n) is 5.88. The first-order chi connectivity index (χ1) is 9.49. The van der Waals surface area contributed by atoms with Crippen LogP contribution in [0.1, 0.15) is 32.0 Å². The molecule has 1 aromatic carbocycles. The van der Waals surface area contributed by atoms with E-state index >= 15 is 0 Å². The van der Waals surface area contributed by atoms with Crippen LogP contribution in [0.25, 0.3) is 0 Å². The van der Waals surface area contributed by atoms with Crippen molar-refractivity contribution in [3.63, 3.8) is 0 Å². The Morgan fingerprint density at radius 2 is 1.90 bits per heavy atom. The molecule has 0 atom stereocenters. The molecular weight excluding hydrogens is 252 g/mol. The normalized spacial score (nSPS) is 11.6. The topological polar surface area (TPSA) is 63.0 Å². The van der Waals surface area contributed by atoms with Gasteiger partial charge in [-0.3, -0.25) is 0 Å². The third-order valence-electron chi connectivity index (χ3n) is 3.14. The van der Waals surface area contributed by atoms with Crippen molar-refractivity contribution in [2.24, 2.45) is 0 Å². The molecule has 0 aliphatic heterocycles. The van der Waals surface area contributed by atoms with E-state index < -0.39 is 0 Å². The van der Waals surface area contributed by atoms with Crippen LogP contribution in [-0.2, 0) is 18.5 Å². The van der Waals surface area contributed by atoms with Gasteiger partial charge in [-0.15, -0.1) is 5.10 Å². The van der Waals surface area contributed by atoms with Crippen molar-refractivity contribution in [1.82, 2.24) is 15.0 Å². The van der Waals surface area contributed by atoms with Gasteiger partial charge in [0.15, 0.2) is 0 Å². The first kappa shape index (κ1) is 14.5. The van der Waals surface area contributed by atoms with Crippen LogP contribution in [0.3, 0.4) is 0 Å². The van der Waals surface area contributed by atoms with Gasteiger partial charge in [0.1, 0.15) is 5.69 Å². The van der Waals surface area contributed by atoms with Crippen LogP contribution in [-0.4, -0.2) is 26.7 Å². The Bertz CT molecular complexity index is 540. The number of aliphatic hydroxyl groups excluding tert-OH is 1. The lowest BCUT2D eigenvalue weighted by Gasteiger charge is -2.19. The summed E-state index contributed by atoms with van der Waals surface area (Å²) in [6, 6.07) is 8.45. The van der Waals surface area contributed by atoms with E-state index in [0.29, 0.717) is 13.1 Å². The molecule has 0 aliphatic carbocycles. The number of rotatable bonds is 5. The van der Waals surface area contributed by atoms with Crippen molar-refractivity contribution in [1.29, 1.82) is 0 Å². The van der Waals surface area contributed by atoms with Gasteiger partial charge in [0, 0.05) is 5.69 Å². The third kappa shape index (κ3) is 3.81. The quantitative estimate of drug-likeness (QED) is 0.877. The molecule has 0 amide bonds. The van der Waals surface area contributed by atoms with Crippen LogP contribution in [0, 0.1) is 0 Å². The summed E-state index contributed by atoms with van der Waals surface area (Å²) in [5.41, 5.74) is 3.41. The zero-order valence-corrected chi connectivity index (χ0v) is 12.3. The van der Waals surface area contributed by atoms with Crippen LogP contribution >= 0.6 is 0 Å². The van der Waals surface area contributed by atoms with Crippen LogP contribution in [0.2, 0.25) is 0 Å². The largest absolute Gasteiger partial charge is 0.394 e. The van der Waals surface area contributed by atoms with Gasteiger partial charge in [-0.1, -0.05) is 38.1 Å². The van der Waals surface area contributed by atoms with Gasteiger partial charge >= 0.3 is 0 Å². The zero-order valence-electron chi connectivity index (χ0n) is 12.3. The fourth-order valence-electron chi connectivity index (χ4n) is 1.91. The van der Waals surface area contributed by atoms with Gasteiger partial charge in [0.2, 0.25) is 0 Å². The van der Waals surface area contributed by atoms with Gasteiger partial charge in [-0.2, -0.15) is 0 Å². The summed E-state index contributed by atoms with van der Waals surface area (Å²) in [6.07, 6.45) is 1.84. The Kier molecular flexibility index (Phi) is 4.39. The molecule has 20 heavy (non-hydrogen) atoms. The highest BCUT2D eigenvalue weighted by Gasteiger charge is 2.12. The van der Waals surface area contributed by atoms with Crippen molar-refractivity contribution in [2.45, 2.75) is 39.3 Å². The number of nitrogens with one attached hydrogen (secondary N) is 1. The number of nitrogens with zero attached hydrogens (tertiary/aromatic N) is 3. The summed E-state index contributed by atoms with van der Waals surface area (Å²) in [4.78, 5) is 0. The minimum absolute atomic E-state index is 0.0739. The molecule has 1 aromatic heterocycles. The molecule has 0 spiro atoms. The second kappa shape index (κ2) is 6.05. The molecule has 2 rings (SSSR count). The number of aromatic nitrogens is 3. The minimum Gasteiger partial charge on any atom is -0.394 e. The molecule has 0 unspecified atom stereocenters. The van der Waals surface area contributed by atoms with E-state index in [9.17, 15) is 0 Å². The van der Waals surface area contributed by atoms with E-state index in [0.717, 1.165) is 11.4 Å². The number of benzene rings is 1. The average Bonchev–Trinajstić information content (AvgIpc) is 2.84. The maximum absolute atomic E-state index is 8.82. The second-order valence-corrected chi connectivity index (χ2v) is 5.88. The summed E-state index contributed by atoms with van der Waals surface area (Å²) in [5.74, 6) is 0. The number of hydrogen-bond donors (Lipinski definition) is 2. The van der Waals surface area contributed by atoms with E-state index in [-0.39, 0.29) is 12.0 Å². The van der Waals surface area contributed by atoms with Crippen LogP contribution in [0.5, 0.6) is 0 Å². The molecule has 5 nitrogen and oxygen atoms in total. The lowest BCUT2D eigenvalue weighted by molar-refractivity contribution is 0.268. The lowest BCUT2D eigenvalue weighted by atomic mass is 9.87. The van der Waals surface area contributed by atoms with E-state index in [4.69, 9.17) is 5.11 Å². The summed E-state index contributed by atoms with van der Waals surface area (Å²) < 4.78 is 1.64. The van der Waals surface area contributed by atoms with Gasteiger partial charge in [-0.25, -0.2) is 4.68 Å². The maximum Gasteiger partial charge on any atom is 0.102 e. The van der Waals surface area contributed by atoms with E-state index in [2.05, 4.69) is 60.7 Å². The first-order valence-electron chi connectivity index (χ1n) is 6.83. The van der Waals surface area contributed by atoms with Gasteiger partial charge in [0.25, 0.3) is 0 Å². The van der Waals surface area contributed by atoms with E-state index in [1.165, 1.54) is 5.56 Å². The molecule has 108 valence electrons. The van der Waals surface area contributed by atoms with Crippen LogP contribution < -0.4 is 5.32 Å². The monoisotopic (exact) mass is 274 g/mol. The van der Waals surface area contributed by atoms with Crippen molar-refractivity contribution in [2.75, 3.05) is 11.9 Å². The Labute approximate surface area is 119 Å². The number of anilines is 1. The fourth-order valence-corrected chi connectivity index (χ4v) is 1.91.